The molecule has 5 nitrogen and oxygen atoms in total. The van der Waals surface area contributed by atoms with Crippen molar-refractivity contribution in [1.29, 1.82) is 0 Å². The van der Waals surface area contributed by atoms with Crippen molar-refractivity contribution < 1.29 is 23.1 Å². The fourth-order valence-corrected chi connectivity index (χ4v) is 3.35. The standard InChI is InChI=1S/C17H15ClF2N2O3S/c1-9(8-24-13-3-2-10(19)6-11(13)20)21-17(23)14-7-12(22-25-14)15-4-5-16(18)26-15/h2-6,9,14H,7-8H2,1H3,(H,21,23)/t9-,14-/m0/s1. The van der Waals surface area contributed by atoms with Gasteiger partial charge in [-0.15, -0.1) is 11.3 Å². The second kappa shape index (κ2) is 8.01. The van der Waals surface area contributed by atoms with Gasteiger partial charge in [0.25, 0.3) is 5.91 Å². The third-order valence-corrected chi connectivity index (χ3v) is 4.87. The van der Waals surface area contributed by atoms with Gasteiger partial charge in [-0.25, -0.2) is 8.78 Å². The van der Waals surface area contributed by atoms with E-state index < -0.39 is 23.8 Å². The Morgan fingerprint density at radius 1 is 1.46 bits per heavy atom. The molecule has 0 saturated heterocycles. The summed E-state index contributed by atoms with van der Waals surface area (Å²) < 4.78 is 32.3. The van der Waals surface area contributed by atoms with Crippen LogP contribution in [0.25, 0.3) is 0 Å². The lowest BCUT2D eigenvalue weighted by Crippen LogP contribution is -2.42. The van der Waals surface area contributed by atoms with Gasteiger partial charge in [0.2, 0.25) is 6.10 Å². The van der Waals surface area contributed by atoms with E-state index in [1.807, 2.05) is 6.07 Å². The number of halogens is 3. The maximum atomic E-state index is 13.5. The van der Waals surface area contributed by atoms with Gasteiger partial charge in [0.1, 0.15) is 18.1 Å². The largest absolute Gasteiger partial charge is 0.488 e. The Labute approximate surface area is 157 Å². The van der Waals surface area contributed by atoms with E-state index in [9.17, 15) is 13.6 Å². The van der Waals surface area contributed by atoms with Gasteiger partial charge in [-0.2, -0.15) is 0 Å². The van der Waals surface area contributed by atoms with Crippen LogP contribution in [0.15, 0.2) is 35.5 Å². The Balaban J connectivity index is 1.47. The molecule has 1 aliphatic heterocycles. The molecule has 2 aromatic rings. The van der Waals surface area contributed by atoms with Crippen LogP contribution in [-0.2, 0) is 9.63 Å². The maximum Gasteiger partial charge on any atom is 0.264 e. The number of carbonyl (C=O) groups is 1. The fourth-order valence-electron chi connectivity index (χ4n) is 2.32. The number of benzene rings is 1. The third kappa shape index (κ3) is 4.50. The Morgan fingerprint density at radius 3 is 2.96 bits per heavy atom. The first-order chi connectivity index (χ1) is 12.4. The van der Waals surface area contributed by atoms with Crippen molar-refractivity contribution in [3.63, 3.8) is 0 Å². The summed E-state index contributed by atoms with van der Waals surface area (Å²) in [7, 11) is 0. The molecular formula is C17H15ClF2N2O3S. The van der Waals surface area contributed by atoms with Crippen LogP contribution in [0, 0.1) is 11.6 Å². The fraction of sp³-hybridized carbons (Fsp3) is 0.294. The highest BCUT2D eigenvalue weighted by molar-refractivity contribution is 7.18. The van der Waals surface area contributed by atoms with E-state index in [0.717, 1.165) is 17.0 Å². The number of carbonyl (C=O) groups excluding carboxylic acids is 1. The molecule has 1 amide bonds. The van der Waals surface area contributed by atoms with Crippen LogP contribution in [0.4, 0.5) is 8.78 Å². The molecule has 1 aromatic carbocycles. The summed E-state index contributed by atoms with van der Waals surface area (Å²) in [6, 6.07) is 6.21. The molecule has 0 aliphatic carbocycles. The van der Waals surface area contributed by atoms with Gasteiger partial charge < -0.3 is 14.9 Å². The highest BCUT2D eigenvalue weighted by Crippen LogP contribution is 2.26. The van der Waals surface area contributed by atoms with E-state index in [2.05, 4.69) is 10.5 Å². The van der Waals surface area contributed by atoms with Crippen molar-refractivity contribution in [3.8, 4) is 5.75 Å². The predicted octanol–water partition coefficient (Wildman–Crippen LogP) is 3.76. The molecular weight excluding hydrogens is 386 g/mol. The van der Waals surface area contributed by atoms with Crippen molar-refractivity contribution in [2.75, 3.05) is 6.61 Å². The number of hydrogen-bond donors (Lipinski definition) is 1. The van der Waals surface area contributed by atoms with Gasteiger partial charge in [0.15, 0.2) is 11.6 Å². The highest BCUT2D eigenvalue weighted by Gasteiger charge is 2.30. The number of amides is 1. The lowest BCUT2D eigenvalue weighted by molar-refractivity contribution is -0.132. The van der Waals surface area contributed by atoms with Crippen LogP contribution in [0.5, 0.6) is 5.75 Å². The molecule has 0 unspecified atom stereocenters. The second-order valence-electron chi connectivity index (χ2n) is 5.74. The third-order valence-electron chi connectivity index (χ3n) is 3.59. The molecule has 0 fully saturated rings. The van der Waals surface area contributed by atoms with E-state index in [-0.39, 0.29) is 18.3 Å². The van der Waals surface area contributed by atoms with Crippen molar-refractivity contribution in [2.45, 2.75) is 25.5 Å². The monoisotopic (exact) mass is 400 g/mol. The number of nitrogens with zero attached hydrogens (tertiary/aromatic N) is 1. The van der Waals surface area contributed by atoms with Crippen LogP contribution < -0.4 is 10.1 Å². The summed E-state index contributed by atoms with van der Waals surface area (Å²) in [6.45, 7) is 1.73. The molecule has 0 saturated carbocycles. The average Bonchev–Trinajstić information content (AvgIpc) is 3.23. The minimum absolute atomic E-state index is 0.0231. The van der Waals surface area contributed by atoms with Crippen LogP contribution in [0.1, 0.15) is 18.2 Å². The zero-order valence-electron chi connectivity index (χ0n) is 13.7. The number of rotatable bonds is 6. The molecule has 0 spiro atoms. The number of oxime groups is 1. The topological polar surface area (TPSA) is 59.9 Å². The first-order valence-electron chi connectivity index (χ1n) is 7.79. The lowest BCUT2D eigenvalue weighted by Gasteiger charge is -2.17. The van der Waals surface area contributed by atoms with Crippen molar-refractivity contribution in [1.82, 2.24) is 5.32 Å². The van der Waals surface area contributed by atoms with Crippen molar-refractivity contribution in [2.24, 2.45) is 5.16 Å². The van der Waals surface area contributed by atoms with E-state index >= 15 is 0 Å². The summed E-state index contributed by atoms with van der Waals surface area (Å²) >= 11 is 7.26. The molecule has 0 bridgehead atoms. The molecule has 138 valence electrons. The molecule has 1 aromatic heterocycles. The van der Waals surface area contributed by atoms with Crippen molar-refractivity contribution >= 4 is 34.6 Å². The minimum Gasteiger partial charge on any atom is -0.488 e. The lowest BCUT2D eigenvalue weighted by atomic mass is 10.1. The molecule has 9 heteroatoms. The smallest absolute Gasteiger partial charge is 0.264 e. The summed E-state index contributed by atoms with van der Waals surface area (Å²) in [4.78, 5) is 18.3. The number of hydrogen-bond acceptors (Lipinski definition) is 5. The normalized spacial score (nSPS) is 17.4. The van der Waals surface area contributed by atoms with Gasteiger partial charge in [-0.05, 0) is 31.2 Å². The summed E-state index contributed by atoms with van der Waals surface area (Å²) in [5, 5.41) is 6.65. The van der Waals surface area contributed by atoms with Crippen LogP contribution in [0.3, 0.4) is 0 Å². The second-order valence-corrected chi connectivity index (χ2v) is 7.45. The van der Waals surface area contributed by atoms with Gasteiger partial charge >= 0.3 is 0 Å². The van der Waals surface area contributed by atoms with Gasteiger partial charge in [0, 0.05) is 12.5 Å². The summed E-state index contributed by atoms with van der Waals surface area (Å²) in [6.07, 6.45) is -0.404. The molecule has 0 radical (unpaired) electrons. The molecule has 1 N–H and O–H groups in total. The predicted molar refractivity (Wildman–Crippen MR) is 94.8 cm³/mol. The highest BCUT2D eigenvalue weighted by atomic mass is 35.5. The van der Waals surface area contributed by atoms with Crippen molar-refractivity contribution in [3.05, 3.63) is 51.2 Å². The van der Waals surface area contributed by atoms with E-state index in [1.54, 1.807) is 13.0 Å². The van der Waals surface area contributed by atoms with E-state index in [0.29, 0.717) is 16.5 Å². The van der Waals surface area contributed by atoms with Gasteiger partial charge in [-0.3, -0.25) is 4.79 Å². The quantitative estimate of drug-likeness (QED) is 0.803. The van der Waals surface area contributed by atoms with E-state index in [1.165, 1.54) is 17.4 Å². The maximum absolute atomic E-state index is 13.5. The Bertz CT molecular complexity index is 843. The Hall–Kier alpha value is -2.19. The number of thiophene rings is 1. The first-order valence-corrected chi connectivity index (χ1v) is 8.98. The first kappa shape index (κ1) is 18.6. The van der Waals surface area contributed by atoms with Crippen LogP contribution >= 0.6 is 22.9 Å². The van der Waals surface area contributed by atoms with E-state index in [4.69, 9.17) is 21.2 Å². The molecule has 26 heavy (non-hydrogen) atoms. The number of nitrogens with one attached hydrogen (secondary N) is 1. The van der Waals surface area contributed by atoms with Gasteiger partial charge in [0.05, 0.1) is 15.3 Å². The average molecular weight is 401 g/mol. The SMILES string of the molecule is C[C@@H](COc1ccc(F)cc1F)NC(=O)[C@@H]1CC(c2ccc(Cl)s2)=NO1. The summed E-state index contributed by atoms with van der Waals surface area (Å²) in [5.41, 5.74) is 0.666. The molecule has 1 aliphatic rings. The number of ether oxygens (including phenoxy) is 1. The molecule has 2 heterocycles. The Morgan fingerprint density at radius 2 is 2.27 bits per heavy atom. The minimum atomic E-state index is -0.796. The van der Waals surface area contributed by atoms with Crippen LogP contribution in [-0.4, -0.2) is 30.4 Å². The zero-order valence-corrected chi connectivity index (χ0v) is 15.2. The zero-order chi connectivity index (χ0) is 18.7. The molecule has 3 rings (SSSR count). The summed E-state index contributed by atoms with van der Waals surface area (Å²) in [5.74, 6) is -1.90. The Kier molecular flexibility index (Phi) is 5.73. The molecule has 2 atom stereocenters. The van der Waals surface area contributed by atoms with Gasteiger partial charge in [-0.1, -0.05) is 16.8 Å². The van der Waals surface area contributed by atoms with Crippen LogP contribution in [0.2, 0.25) is 4.34 Å².